The van der Waals surface area contributed by atoms with Crippen molar-refractivity contribution in [1.29, 1.82) is 0 Å². The standard InChI is InChI=1S/C18H16Cl2N2O2/c19-14-6-7-15(20)16(9-14)22-17(23)10-21-18(24)13-5-4-11-2-1-3-12(11)8-13/h4-9H,1-3,10H2,(H,21,24)(H,22,23). The van der Waals surface area contributed by atoms with Crippen molar-refractivity contribution in [1.82, 2.24) is 5.32 Å². The topological polar surface area (TPSA) is 58.2 Å². The molecule has 2 amide bonds. The van der Waals surface area contributed by atoms with Crippen LogP contribution >= 0.6 is 23.2 Å². The first-order valence-electron chi connectivity index (χ1n) is 7.68. The van der Waals surface area contributed by atoms with Gasteiger partial charge >= 0.3 is 0 Å². The lowest BCUT2D eigenvalue weighted by Crippen LogP contribution is -2.33. The Labute approximate surface area is 150 Å². The molecule has 1 aliphatic carbocycles. The first kappa shape index (κ1) is 16.8. The summed E-state index contributed by atoms with van der Waals surface area (Å²) in [7, 11) is 0. The van der Waals surface area contributed by atoms with E-state index in [2.05, 4.69) is 10.6 Å². The number of carbonyl (C=O) groups is 2. The second-order valence-electron chi connectivity index (χ2n) is 5.69. The van der Waals surface area contributed by atoms with Crippen molar-refractivity contribution in [3.05, 3.63) is 63.1 Å². The van der Waals surface area contributed by atoms with E-state index < -0.39 is 0 Å². The van der Waals surface area contributed by atoms with E-state index in [1.165, 1.54) is 11.1 Å². The van der Waals surface area contributed by atoms with Gasteiger partial charge in [0.15, 0.2) is 0 Å². The van der Waals surface area contributed by atoms with Gasteiger partial charge in [-0.3, -0.25) is 9.59 Å². The largest absolute Gasteiger partial charge is 0.343 e. The zero-order valence-corrected chi connectivity index (χ0v) is 14.4. The fourth-order valence-electron chi connectivity index (χ4n) is 2.76. The zero-order chi connectivity index (χ0) is 17.1. The summed E-state index contributed by atoms with van der Waals surface area (Å²) in [6.45, 7) is -0.140. The molecule has 1 aliphatic rings. The predicted molar refractivity (Wildman–Crippen MR) is 95.9 cm³/mol. The molecule has 0 saturated heterocycles. The van der Waals surface area contributed by atoms with Crippen LogP contribution in [0.4, 0.5) is 5.69 Å². The summed E-state index contributed by atoms with van der Waals surface area (Å²) in [6.07, 6.45) is 3.20. The normalized spacial score (nSPS) is 12.6. The van der Waals surface area contributed by atoms with Crippen molar-refractivity contribution in [2.45, 2.75) is 19.3 Å². The van der Waals surface area contributed by atoms with E-state index >= 15 is 0 Å². The molecule has 2 aromatic rings. The van der Waals surface area contributed by atoms with Crippen LogP contribution in [0.25, 0.3) is 0 Å². The minimum absolute atomic E-state index is 0.140. The lowest BCUT2D eigenvalue weighted by molar-refractivity contribution is -0.115. The number of hydrogen-bond donors (Lipinski definition) is 2. The first-order chi connectivity index (χ1) is 11.5. The summed E-state index contributed by atoms with van der Waals surface area (Å²) in [6, 6.07) is 10.5. The van der Waals surface area contributed by atoms with Crippen molar-refractivity contribution in [3.8, 4) is 0 Å². The fourth-order valence-corrected chi connectivity index (χ4v) is 3.10. The third-order valence-corrected chi connectivity index (χ3v) is 4.54. The summed E-state index contributed by atoms with van der Waals surface area (Å²) in [4.78, 5) is 24.2. The molecule has 24 heavy (non-hydrogen) atoms. The summed E-state index contributed by atoms with van der Waals surface area (Å²) in [5.41, 5.74) is 3.52. The minimum Gasteiger partial charge on any atom is -0.343 e. The van der Waals surface area contributed by atoms with Gasteiger partial charge in [-0.15, -0.1) is 0 Å². The monoisotopic (exact) mass is 362 g/mol. The van der Waals surface area contributed by atoms with Gasteiger partial charge < -0.3 is 10.6 Å². The molecule has 0 aliphatic heterocycles. The number of anilines is 1. The molecule has 4 nitrogen and oxygen atoms in total. The minimum atomic E-state index is -0.367. The summed E-state index contributed by atoms with van der Waals surface area (Å²) in [5.74, 6) is -0.634. The Morgan fingerprint density at radius 2 is 1.79 bits per heavy atom. The van der Waals surface area contributed by atoms with Crippen LogP contribution in [-0.4, -0.2) is 18.4 Å². The highest BCUT2D eigenvalue weighted by molar-refractivity contribution is 6.35. The molecular formula is C18H16Cl2N2O2. The van der Waals surface area contributed by atoms with Gasteiger partial charge in [0.1, 0.15) is 0 Å². The number of rotatable bonds is 4. The molecule has 0 aromatic heterocycles. The Morgan fingerprint density at radius 3 is 2.62 bits per heavy atom. The average molecular weight is 363 g/mol. The molecule has 0 atom stereocenters. The van der Waals surface area contributed by atoms with Gasteiger partial charge in [-0.2, -0.15) is 0 Å². The summed E-state index contributed by atoms with van der Waals surface area (Å²) < 4.78 is 0. The highest BCUT2D eigenvalue weighted by Gasteiger charge is 2.14. The number of fused-ring (bicyclic) bond motifs is 1. The third kappa shape index (κ3) is 3.89. The molecule has 3 rings (SSSR count). The molecule has 0 unspecified atom stereocenters. The van der Waals surface area contributed by atoms with Crippen LogP contribution in [0.3, 0.4) is 0 Å². The Bertz CT molecular complexity index is 806. The maximum atomic E-state index is 12.2. The number of benzene rings is 2. The lowest BCUT2D eigenvalue weighted by Gasteiger charge is -2.09. The van der Waals surface area contributed by atoms with Crippen LogP contribution in [0.5, 0.6) is 0 Å². The Hall–Kier alpha value is -2.04. The maximum absolute atomic E-state index is 12.2. The van der Waals surface area contributed by atoms with Gasteiger partial charge in [0, 0.05) is 10.6 Å². The summed E-state index contributed by atoms with van der Waals surface area (Å²) in [5, 5.41) is 6.10. The quantitative estimate of drug-likeness (QED) is 0.867. The molecule has 124 valence electrons. The molecule has 2 aromatic carbocycles. The Kier molecular flexibility index (Phi) is 5.07. The van der Waals surface area contributed by atoms with Crippen LogP contribution in [0.1, 0.15) is 27.9 Å². The van der Waals surface area contributed by atoms with Crippen molar-refractivity contribution in [3.63, 3.8) is 0 Å². The molecule has 0 fully saturated rings. The first-order valence-corrected chi connectivity index (χ1v) is 8.43. The molecule has 0 spiro atoms. The van der Waals surface area contributed by atoms with E-state index in [9.17, 15) is 9.59 Å². The Morgan fingerprint density at radius 1 is 1.00 bits per heavy atom. The third-order valence-electron chi connectivity index (χ3n) is 3.97. The molecule has 0 bridgehead atoms. The van der Waals surface area contributed by atoms with E-state index in [1.807, 2.05) is 12.1 Å². The number of nitrogens with one attached hydrogen (secondary N) is 2. The van der Waals surface area contributed by atoms with Gasteiger partial charge in [-0.05, 0) is 60.7 Å². The van der Waals surface area contributed by atoms with Crippen LogP contribution in [0.15, 0.2) is 36.4 Å². The van der Waals surface area contributed by atoms with E-state index in [4.69, 9.17) is 23.2 Å². The molecule has 0 heterocycles. The van der Waals surface area contributed by atoms with Crippen molar-refractivity contribution >= 4 is 40.7 Å². The van der Waals surface area contributed by atoms with E-state index in [-0.39, 0.29) is 18.4 Å². The van der Waals surface area contributed by atoms with E-state index in [0.717, 1.165) is 19.3 Å². The molecular weight excluding hydrogens is 347 g/mol. The molecule has 0 radical (unpaired) electrons. The second-order valence-corrected chi connectivity index (χ2v) is 6.54. The van der Waals surface area contributed by atoms with Gasteiger partial charge in [0.2, 0.25) is 5.91 Å². The Balaban J connectivity index is 1.58. The average Bonchev–Trinajstić information content (AvgIpc) is 3.03. The van der Waals surface area contributed by atoms with Gasteiger partial charge in [-0.25, -0.2) is 0 Å². The van der Waals surface area contributed by atoms with Crippen LogP contribution < -0.4 is 10.6 Å². The van der Waals surface area contributed by atoms with Gasteiger partial charge in [0.05, 0.1) is 17.3 Å². The van der Waals surface area contributed by atoms with E-state index in [0.29, 0.717) is 21.3 Å². The zero-order valence-electron chi connectivity index (χ0n) is 12.9. The second kappa shape index (κ2) is 7.24. The lowest BCUT2D eigenvalue weighted by atomic mass is 10.1. The fraction of sp³-hybridized carbons (Fsp3) is 0.222. The predicted octanol–water partition coefficient (Wildman–Crippen LogP) is 3.85. The summed E-state index contributed by atoms with van der Waals surface area (Å²) >= 11 is 11.9. The van der Waals surface area contributed by atoms with Crippen LogP contribution in [0.2, 0.25) is 10.0 Å². The van der Waals surface area contributed by atoms with E-state index in [1.54, 1.807) is 24.3 Å². The molecule has 6 heteroatoms. The maximum Gasteiger partial charge on any atom is 0.251 e. The van der Waals surface area contributed by atoms with Gasteiger partial charge in [0.25, 0.3) is 5.91 Å². The van der Waals surface area contributed by atoms with Crippen LogP contribution in [0, 0.1) is 0 Å². The number of hydrogen-bond acceptors (Lipinski definition) is 2. The van der Waals surface area contributed by atoms with Crippen LogP contribution in [-0.2, 0) is 17.6 Å². The number of carbonyl (C=O) groups excluding carboxylic acids is 2. The highest BCUT2D eigenvalue weighted by Crippen LogP contribution is 2.25. The molecule has 0 saturated carbocycles. The van der Waals surface area contributed by atoms with Crippen molar-refractivity contribution < 1.29 is 9.59 Å². The van der Waals surface area contributed by atoms with Crippen molar-refractivity contribution in [2.24, 2.45) is 0 Å². The number of halogens is 2. The number of aryl methyl sites for hydroxylation is 2. The number of amides is 2. The highest BCUT2D eigenvalue weighted by atomic mass is 35.5. The van der Waals surface area contributed by atoms with Crippen molar-refractivity contribution in [2.75, 3.05) is 11.9 Å². The smallest absolute Gasteiger partial charge is 0.251 e. The SMILES string of the molecule is O=C(CNC(=O)c1ccc2c(c1)CCC2)Nc1cc(Cl)ccc1Cl. The molecule has 2 N–H and O–H groups in total. The van der Waals surface area contributed by atoms with Gasteiger partial charge in [-0.1, -0.05) is 29.3 Å².